The van der Waals surface area contributed by atoms with E-state index in [0.29, 0.717) is 11.7 Å². The van der Waals surface area contributed by atoms with Gasteiger partial charge in [-0.15, -0.1) is 0 Å². The number of rotatable bonds is 7. The van der Waals surface area contributed by atoms with Crippen LogP contribution in [0.3, 0.4) is 0 Å². The molecule has 1 heterocycles. The van der Waals surface area contributed by atoms with Gasteiger partial charge in [-0.05, 0) is 32.5 Å². The summed E-state index contributed by atoms with van der Waals surface area (Å²) >= 11 is 0. The normalized spacial score (nSPS) is 12.3. The molecule has 1 aromatic rings. The summed E-state index contributed by atoms with van der Waals surface area (Å²) in [5.41, 5.74) is 1.36. The third kappa shape index (κ3) is 4.87. The maximum Gasteiger partial charge on any atom is 0.269 e. The first kappa shape index (κ1) is 15.4. The first-order chi connectivity index (χ1) is 9.08. The molecule has 0 saturated carbocycles. The van der Waals surface area contributed by atoms with E-state index < -0.39 is 0 Å². The predicted molar refractivity (Wildman–Crippen MR) is 78.5 cm³/mol. The molecule has 0 bridgehead atoms. The Balaban J connectivity index is 2.47. The van der Waals surface area contributed by atoms with Crippen molar-refractivity contribution in [2.45, 2.75) is 26.3 Å². The summed E-state index contributed by atoms with van der Waals surface area (Å²) < 4.78 is 0. The van der Waals surface area contributed by atoms with Crippen LogP contribution >= 0.6 is 0 Å². The maximum atomic E-state index is 11.5. The SMILES string of the molecule is CCC(C)N(C)CCNc1ccnc(C(=O)NC)c1. The average molecular weight is 264 g/mol. The summed E-state index contributed by atoms with van der Waals surface area (Å²) in [7, 11) is 3.73. The molecule has 5 nitrogen and oxygen atoms in total. The molecule has 1 aromatic heterocycles. The molecule has 1 atom stereocenters. The van der Waals surface area contributed by atoms with Crippen LogP contribution in [0.2, 0.25) is 0 Å². The van der Waals surface area contributed by atoms with Gasteiger partial charge in [-0.2, -0.15) is 0 Å². The highest BCUT2D eigenvalue weighted by molar-refractivity contribution is 5.92. The number of nitrogens with one attached hydrogen (secondary N) is 2. The van der Waals surface area contributed by atoms with Crippen LogP contribution in [0.25, 0.3) is 0 Å². The fraction of sp³-hybridized carbons (Fsp3) is 0.571. The largest absolute Gasteiger partial charge is 0.384 e. The minimum Gasteiger partial charge on any atom is -0.384 e. The molecule has 0 spiro atoms. The zero-order valence-corrected chi connectivity index (χ0v) is 12.2. The fourth-order valence-electron chi connectivity index (χ4n) is 1.70. The number of amides is 1. The van der Waals surface area contributed by atoms with E-state index in [1.165, 1.54) is 0 Å². The van der Waals surface area contributed by atoms with Gasteiger partial charge in [0.05, 0.1) is 0 Å². The third-order valence-electron chi connectivity index (χ3n) is 3.36. The lowest BCUT2D eigenvalue weighted by Gasteiger charge is -2.23. The van der Waals surface area contributed by atoms with Gasteiger partial charge in [0.15, 0.2) is 0 Å². The average Bonchev–Trinajstić information content (AvgIpc) is 2.45. The lowest BCUT2D eigenvalue weighted by Crippen LogP contribution is -2.32. The molecule has 1 rings (SSSR count). The lowest BCUT2D eigenvalue weighted by molar-refractivity contribution is 0.0958. The van der Waals surface area contributed by atoms with Crippen LogP contribution in [0.15, 0.2) is 18.3 Å². The second-order valence-electron chi connectivity index (χ2n) is 4.67. The van der Waals surface area contributed by atoms with Crippen molar-refractivity contribution in [3.8, 4) is 0 Å². The molecule has 1 amide bonds. The van der Waals surface area contributed by atoms with E-state index in [9.17, 15) is 4.79 Å². The maximum absolute atomic E-state index is 11.5. The van der Waals surface area contributed by atoms with E-state index in [0.717, 1.165) is 25.2 Å². The number of hydrogen-bond donors (Lipinski definition) is 2. The zero-order valence-electron chi connectivity index (χ0n) is 12.2. The Hall–Kier alpha value is -1.62. The number of likely N-dealkylation sites (N-methyl/N-ethyl adjacent to an activating group) is 1. The first-order valence-electron chi connectivity index (χ1n) is 6.70. The minimum atomic E-state index is -0.166. The molecule has 19 heavy (non-hydrogen) atoms. The van der Waals surface area contributed by atoms with Crippen LogP contribution in [0.5, 0.6) is 0 Å². The predicted octanol–water partition coefficient (Wildman–Crippen LogP) is 1.58. The molecule has 0 saturated heterocycles. The Morgan fingerprint density at radius 3 is 2.89 bits per heavy atom. The molecule has 0 aliphatic rings. The van der Waals surface area contributed by atoms with Crippen molar-refractivity contribution in [1.29, 1.82) is 0 Å². The van der Waals surface area contributed by atoms with Crippen LogP contribution in [-0.2, 0) is 0 Å². The smallest absolute Gasteiger partial charge is 0.269 e. The van der Waals surface area contributed by atoms with Gasteiger partial charge in [-0.1, -0.05) is 6.92 Å². The number of carbonyl (C=O) groups is 1. The van der Waals surface area contributed by atoms with Crippen molar-refractivity contribution in [2.75, 3.05) is 32.5 Å². The van der Waals surface area contributed by atoms with Crippen molar-refractivity contribution in [3.63, 3.8) is 0 Å². The second-order valence-corrected chi connectivity index (χ2v) is 4.67. The van der Waals surface area contributed by atoms with Crippen LogP contribution in [0, 0.1) is 0 Å². The minimum absolute atomic E-state index is 0.166. The van der Waals surface area contributed by atoms with Gasteiger partial charge in [0.25, 0.3) is 5.91 Å². The van der Waals surface area contributed by atoms with Gasteiger partial charge < -0.3 is 15.5 Å². The van der Waals surface area contributed by atoms with E-state index in [-0.39, 0.29) is 5.91 Å². The molecule has 5 heteroatoms. The monoisotopic (exact) mass is 264 g/mol. The van der Waals surface area contributed by atoms with E-state index in [1.54, 1.807) is 19.3 Å². The summed E-state index contributed by atoms with van der Waals surface area (Å²) in [6.45, 7) is 6.22. The quantitative estimate of drug-likeness (QED) is 0.785. The van der Waals surface area contributed by atoms with Crippen molar-refractivity contribution in [3.05, 3.63) is 24.0 Å². The molecule has 0 radical (unpaired) electrons. The summed E-state index contributed by atoms with van der Waals surface area (Å²) in [6.07, 6.45) is 2.79. The summed E-state index contributed by atoms with van der Waals surface area (Å²) in [6, 6.07) is 4.22. The van der Waals surface area contributed by atoms with Gasteiger partial charge >= 0.3 is 0 Å². The number of anilines is 1. The number of carbonyl (C=O) groups excluding carboxylic acids is 1. The first-order valence-corrected chi connectivity index (χ1v) is 6.70. The van der Waals surface area contributed by atoms with Crippen LogP contribution in [-0.4, -0.2) is 49.0 Å². The van der Waals surface area contributed by atoms with Crippen molar-refractivity contribution in [2.24, 2.45) is 0 Å². The molecule has 1 unspecified atom stereocenters. The zero-order chi connectivity index (χ0) is 14.3. The van der Waals surface area contributed by atoms with Crippen molar-refractivity contribution in [1.82, 2.24) is 15.2 Å². The van der Waals surface area contributed by atoms with Crippen LogP contribution in [0.1, 0.15) is 30.8 Å². The standard InChI is InChI=1S/C14H24N4O/c1-5-11(2)18(4)9-8-16-12-6-7-17-13(10-12)14(19)15-3/h6-7,10-11H,5,8-9H2,1-4H3,(H,15,19)(H,16,17). The molecule has 0 aliphatic heterocycles. The molecule has 2 N–H and O–H groups in total. The van der Waals surface area contributed by atoms with E-state index in [1.807, 2.05) is 6.07 Å². The molecule has 0 aromatic carbocycles. The number of aromatic nitrogens is 1. The fourth-order valence-corrected chi connectivity index (χ4v) is 1.70. The van der Waals surface area contributed by atoms with Gasteiger partial charge in [0.1, 0.15) is 5.69 Å². The molecular formula is C14H24N4O. The Morgan fingerprint density at radius 1 is 1.53 bits per heavy atom. The summed E-state index contributed by atoms with van der Waals surface area (Å²) in [5.74, 6) is -0.166. The number of hydrogen-bond acceptors (Lipinski definition) is 4. The van der Waals surface area contributed by atoms with Gasteiger partial charge in [-0.3, -0.25) is 9.78 Å². The highest BCUT2D eigenvalue weighted by Gasteiger charge is 2.07. The van der Waals surface area contributed by atoms with E-state index >= 15 is 0 Å². The lowest BCUT2D eigenvalue weighted by atomic mass is 10.2. The third-order valence-corrected chi connectivity index (χ3v) is 3.36. The topological polar surface area (TPSA) is 57.3 Å². The molecule has 0 fully saturated rings. The van der Waals surface area contributed by atoms with E-state index in [4.69, 9.17) is 0 Å². The molecule has 0 aliphatic carbocycles. The highest BCUT2D eigenvalue weighted by atomic mass is 16.1. The van der Waals surface area contributed by atoms with Crippen LogP contribution < -0.4 is 10.6 Å². The van der Waals surface area contributed by atoms with Crippen molar-refractivity contribution < 1.29 is 4.79 Å². The summed E-state index contributed by atoms with van der Waals surface area (Å²) in [5, 5.41) is 5.88. The van der Waals surface area contributed by atoms with Gasteiger partial charge in [-0.25, -0.2) is 0 Å². The van der Waals surface area contributed by atoms with E-state index in [2.05, 4.69) is 41.4 Å². The molecular weight excluding hydrogens is 240 g/mol. The van der Waals surface area contributed by atoms with Crippen molar-refractivity contribution >= 4 is 11.6 Å². The summed E-state index contributed by atoms with van der Waals surface area (Å²) in [4.78, 5) is 17.8. The number of pyridine rings is 1. The Labute approximate surface area is 115 Å². The van der Waals surface area contributed by atoms with Gasteiger partial charge in [0.2, 0.25) is 0 Å². The highest BCUT2D eigenvalue weighted by Crippen LogP contribution is 2.08. The van der Waals surface area contributed by atoms with Crippen LogP contribution in [0.4, 0.5) is 5.69 Å². The Bertz CT molecular complexity index is 408. The second kappa shape index (κ2) is 7.74. The Kier molecular flexibility index (Phi) is 6.29. The molecule has 106 valence electrons. The van der Waals surface area contributed by atoms with Gasteiger partial charge in [0, 0.05) is 38.1 Å². The number of nitrogens with zero attached hydrogens (tertiary/aromatic N) is 2. The Morgan fingerprint density at radius 2 is 2.26 bits per heavy atom.